The molecular weight excluding hydrogens is 429 g/mol. The van der Waals surface area contributed by atoms with Crippen molar-refractivity contribution in [2.75, 3.05) is 39.8 Å². The Labute approximate surface area is 171 Å². The van der Waals surface area contributed by atoms with Crippen LogP contribution in [-0.4, -0.2) is 62.1 Å². The number of piperidine rings is 1. The fourth-order valence-corrected chi connectivity index (χ4v) is 2.94. The summed E-state index contributed by atoms with van der Waals surface area (Å²) in [5.41, 5.74) is -0.424. The molecule has 0 radical (unpaired) electrons. The first-order valence-electron chi connectivity index (χ1n) is 9.22. The van der Waals surface area contributed by atoms with E-state index in [0.717, 1.165) is 32.1 Å². The number of amides is 1. The summed E-state index contributed by atoms with van der Waals surface area (Å²) in [5, 5.41) is 9.30. The maximum Gasteiger partial charge on any atom is 0.227 e. The maximum atomic E-state index is 11.9. The van der Waals surface area contributed by atoms with Gasteiger partial charge in [-0.3, -0.25) is 14.7 Å². The first-order chi connectivity index (χ1) is 11.2. The molecule has 0 aromatic heterocycles. The van der Waals surface area contributed by atoms with Crippen molar-refractivity contribution < 1.29 is 4.79 Å². The Kier molecular flexibility index (Phi) is 11.0. The van der Waals surface area contributed by atoms with Crippen LogP contribution >= 0.6 is 24.0 Å². The lowest BCUT2D eigenvalue weighted by Crippen LogP contribution is -2.50. The lowest BCUT2D eigenvalue weighted by molar-refractivity contribution is -0.128. The van der Waals surface area contributed by atoms with Gasteiger partial charge in [-0.1, -0.05) is 6.42 Å². The van der Waals surface area contributed by atoms with E-state index >= 15 is 0 Å². The molecule has 1 amide bonds. The lowest BCUT2D eigenvalue weighted by atomic mass is 9.92. The Balaban J connectivity index is 0.00000576. The summed E-state index contributed by atoms with van der Waals surface area (Å²) in [5.74, 6) is 0.805. The van der Waals surface area contributed by atoms with Crippen LogP contribution in [0, 0.1) is 5.41 Å². The molecule has 0 spiro atoms. The molecule has 0 bridgehead atoms. The highest BCUT2D eigenvalue weighted by Gasteiger charge is 2.29. The molecule has 0 atom stereocenters. The van der Waals surface area contributed by atoms with Crippen LogP contribution in [0.15, 0.2) is 4.99 Å². The average molecular weight is 467 g/mol. The first kappa shape index (κ1) is 24.4. The molecule has 0 aromatic carbocycles. The van der Waals surface area contributed by atoms with Gasteiger partial charge >= 0.3 is 0 Å². The second-order valence-corrected chi connectivity index (χ2v) is 7.87. The molecule has 0 saturated carbocycles. The number of carbonyl (C=O) groups excluding carboxylic acids is 1. The number of nitrogens with zero attached hydrogens (tertiary/aromatic N) is 2. The molecule has 1 aliphatic heterocycles. The van der Waals surface area contributed by atoms with Gasteiger partial charge in [0.05, 0.1) is 12.0 Å². The van der Waals surface area contributed by atoms with Gasteiger partial charge in [-0.25, -0.2) is 0 Å². The fraction of sp³-hybridized carbons (Fsp3) is 0.889. The van der Waals surface area contributed by atoms with Crippen molar-refractivity contribution >= 4 is 35.8 Å². The van der Waals surface area contributed by atoms with Crippen molar-refractivity contribution in [1.29, 1.82) is 0 Å². The first-order valence-corrected chi connectivity index (χ1v) is 9.22. The summed E-state index contributed by atoms with van der Waals surface area (Å²) in [4.78, 5) is 19.2. The van der Waals surface area contributed by atoms with Gasteiger partial charge in [-0.2, -0.15) is 0 Å². The second-order valence-electron chi connectivity index (χ2n) is 7.87. The molecule has 148 valence electrons. The minimum Gasteiger partial charge on any atom is -0.359 e. The van der Waals surface area contributed by atoms with E-state index in [1.54, 1.807) is 7.05 Å². The Morgan fingerprint density at radius 1 is 1.08 bits per heavy atom. The SMILES string of the molecule is CCNC(=NCC(C)(C)N1CCCCC1)NCC(C)(C)C(=O)NC.I. The van der Waals surface area contributed by atoms with Crippen molar-refractivity contribution in [3.05, 3.63) is 0 Å². The molecule has 0 unspecified atom stereocenters. The number of hydrogen-bond donors (Lipinski definition) is 3. The number of carbonyl (C=O) groups is 1. The molecule has 1 heterocycles. The number of hydrogen-bond acceptors (Lipinski definition) is 3. The van der Waals surface area contributed by atoms with E-state index in [2.05, 4.69) is 41.6 Å². The van der Waals surface area contributed by atoms with Crippen molar-refractivity contribution in [3.63, 3.8) is 0 Å². The normalized spacial score (nSPS) is 16.8. The summed E-state index contributed by atoms with van der Waals surface area (Å²) in [7, 11) is 1.67. The molecule has 1 aliphatic rings. The molecular formula is C18H38IN5O. The fourth-order valence-electron chi connectivity index (χ4n) is 2.94. The quantitative estimate of drug-likeness (QED) is 0.305. The van der Waals surface area contributed by atoms with Crippen molar-refractivity contribution in [2.45, 2.75) is 59.4 Å². The number of halogens is 1. The third-order valence-corrected chi connectivity index (χ3v) is 4.72. The van der Waals surface area contributed by atoms with Gasteiger partial charge in [0.25, 0.3) is 0 Å². The van der Waals surface area contributed by atoms with Gasteiger partial charge in [0.15, 0.2) is 5.96 Å². The summed E-state index contributed by atoms with van der Waals surface area (Å²) >= 11 is 0. The van der Waals surface area contributed by atoms with Crippen molar-refractivity contribution in [2.24, 2.45) is 10.4 Å². The molecule has 1 rings (SSSR count). The number of guanidine groups is 1. The van der Waals surface area contributed by atoms with Crippen LogP contribution in [0.1, 0.15) is 53.9 Å². The second kappa shape index (κ2) is 11.2. The van der Waals surface area contributed by atoms with Crippen LogP contribution < -0.4 is 16.0 Å². The molecule has 6 nitrogen and oxygen atoms in total. The number of likely N-dealkylation sites (tertiary alicyclic amines) is 1. The smallest absolute Gasteiger partial charge is 0.227 e. The number of rotatable bonds is 7. The highest BCUT2D eigenvalue weighted by atomic mass is 127. The van der Waals surface area contributed by atoms with Crippen LogP contribution in [0.2, 0.25) is 0 Å². The number of nitrogens with one attached hydrogen (secondary N) is 3. The molecule has 25 heavy (non-hydrogen) atoms. The highest BCUT2D eigenvalue weighted by Crippen LogP contribution is 2.20. The molecule has 1 fully saturated rings. The van der Waals surface area contributed by atoms with Gasteiger partial charge in [0.2, 0.25) is 5.91 Å². The van der Waals surface area contributed by atoms with Crippen LogP contribution in [-0.2, 0) is 4.79 Å². The van der Waals surface area contributed by atoms with E-state index in [9.17, 15) is 4.79 Å². The molecule has 0 aromatic rings. The largest absolute Gasteiger partial charge is 0.359 e. The van der Waals surface area contributed by atoms with Gasteiger partial charge < -0.3 is 16.0 Å². The van der Waals surface area contributed by atoms with Crippen LogP contribution in [0.4, 0.5) is 0 Å². The molecule has 1 saturated heterocycles. The third-order valence-electron chi connectivity index (χ3n) is 4.72. The Bertz CT molecular complexity index is 431. The van der Waals surface area contributed by atoms with E-state index < -0.39 is 5.41 Å². The standard InChI is InChI=1S/C18H37N5O.HI/c1-7-20-16(21-13-17(2,3)15(24)19-6)22-14-18(4,5)23-11-9-8-10-12-23;/h7-14H2,1-6H3,(H,19,24)(H2,20,21,22);1H. The maximum absolute atomic E-state index is 11.9. The van der Waals surface area contributed by atoms with Crippen molar-refractivity contribution in [3.8, 4) is 0 Å². The van der Waals surface area contributed by atoms with Crippen LogP contribution in [0.3, 0.4) is 0 Å². The summed E-state index contributed by atoms with van der Waals surface area (Å²) in [6.07, 6.45) is 3.91. The Morgan fingerprint density at radius 2 is 1.68 bits per heavy atom. The minimum absolute atomic E-state index is 0. The zero-order valence-corrected chi connectivity index (χ0v) is 19.2. The molecule has 3 N–H and O–H groups in total. The monoisotopic (exact) mass is 467 g/mol. The average Bonchev–Trinajstić information content (AvgIpc) is 2.57. The van der Waals surface area contributed by atoms with E-state index in [4.69, 9.17) is 4.99 Å². The minimum atomic E-state index is -0.479. The van der Waals surface area contributed by atoms with E-state index in [-0.39, 0.29) is 35.4 Å². The van der Waals surface area contributed by atoms with E-state index in [1.165, 1.54) is 19.3 Å². The van der Waals surface area contributed by atoms with E-state index in [1.807, 2.05) is 13.8 Å². The van der Waals surface area contributed by atoms with E-state index in [0.29, 0.717) is 6.54 Å². The summed E-state index contributed by atoms with van der Waals surface area (Å²) < 4.78 is 0. The van der Waals surface area contributed by atoms with Gasteiger partial charge in [-0.15, -0.1) is 24.0 Å². The topological polar surface area (TPSA) is 68.8 Å². The van der Waals surface area contributed by atoms with Crippen molar-refractivity contribution in [1.82, 2.24) is 20.9 Å². The summed E-state index contributed by atoms with van der Waals surface area (Å²) in [6.45, 7) is 14.9. The zero-order valence-electron chi connectivity index (χ0n) is 16.9. The van der Waals surface area contributed by atoms with Gasteiger partial charge in [0.1, 0.15) is 0 Å². The zero-order chi connectivity index (χ0) is 18.2. The van der Waals surface area contributed by atoms with Gasteiger partial charge in [-0.05, 0) is 60.5 Å². The van der Waals surface area contributed by atoms with Crippen LogP contribution in [0.5, 0.6) is 0 Å². The molecule has 0 aliphatic carbocycles. The van der Waals surface area contributed by atoms with Gasteiger partial charge in [0, 0.05) is 25.7 Å². The highest BCUT2D eigenvalue weighted by molar-refractivity contribution is 14.0. The summed E-state index contributed by atoms with van der Waals surface area (Å²) in [6, 6.07) is 0. The van der Waals surface area contributed by atoms with Crippen LogP contribution in [0.25, 0.3) is 0 Å². The predicted molar refractivity (Wildman–Crippen MR) is 117 cm³/mol. The third kappa shape index (κ3) is 8.11. The lowest BCUT2D eigenvalue weighted by Gasteiger charge is -2.40. The Hall–Kier alpha value is -0.570. The Morgan fingerprint density at radius 3 is 2.20 bits per heavy atom. The molecule has 7 heteroatoms. The number of aliphatic imine (C=N–C) groups is 1. The predicted octanol–water partition coefficient (Wildman–Crippen LogP) is 2.20.